The topological polar surface area (TPSA) is 144 Å². The quantitative estimate of drug-likeness (QED) is 0.190. The Kier molecular flexibility index (Phi) is 13.3. The molecule has 39 heavy (non-hydrogen) atoms. The summed E-state index contributed by atoms with van der Waals surface area (Å²) in [4.78, 5) is 66.7. The van der Waals surface area contributed by atoms with Crippen LogP contribution in [-0.2, 0) is 30.5 Å². The van der Waals surface area contributed by atoms with Gasteiger partial charge in [0.15, 0.2) is 5.12 Å². The van der Waals surface area contributed by atoms with Crippen LogP contribution in [0.4, 0.5) is 4.39 Å². The number of amides is 3. The highest BCUT2D eigenvalue weighted by Gasteiger charge is 2.27. The Bertz CT molecular complexity index is 1120. The second-order valence-corrected chi connectivity index (χ2v) is 10.1. The summed E-state index contributed by atoms with van der Waals surface area (Å²) >= 11 is 1.15. The summed E-state index contributed by atoms with van der Waals surface area (Å²) < 4.78 is 19.9. The van der Waals surface area contributed by atoms with Crippen LogP contribution in [0.3, 0.4) is 0 Å². The van der Waals surface area contributed by atoms with Crippen molar-refractivity contribution in [1.82, 2.24) is 20.9 Å². The van der Waals surface area contributed by atoms with Crippen molar-refractivity contribution < 1.29 is 33.1 Å². The number of hydrogen-bond donors (Lipinski definition) is 3. The van der Waals surface area contributed by atoms with E-state index < -0.39 is 41.7 Å². The van der Waals surface area contributed by atoms with Crippen LogP contribution in [0.25, 0.3) is 0 Å². The third-order valence-corrected chi connectivity index (χ3v) is 6.51. The Morgan fingerprint density at radius 1 is 1.21 bits per heavy atom. The number of allylic oxidation sites excluding steroid dienone is 2. The molecule has 2 rings (SSSR count). The highest BCUT2D eigenvalue weighted by atomic mass is 32.2. The molecular weight excluding hydrogens is 527 g/mol. The maximum atomic E-state index is 14.3. The van der Waals surface area contributed by atoms with Crippen molar-refractivity contribution in [2.75, 3.05) is 5.75 Å². The standard InChI is InChI=1S/C27H35FN4O6S/c1-4-6-7-11-22-27(37)38-18(10-8-9-14-39-17(3)33)15-24(34)29-16-23-19(28)12-13-21(30-23)26(36)31-20(5-2)25(35)32-22/h5,8,10,12-13,18,22H,4,6-7,9,11,14-16H2,1-3H3,(H,29,34)(H,31,36)(H,32,35)/b10-8+,20-5-/t18-,22+/m1/s1. The smallest absolute Gasteiger partial charge is 0.329 e. The van der Waals surface area contributed by atoms with E-state index in [0.29, 0.717) is 25.0 Å². The predicted octanol–water partition coefficient (Wildman–Crippen LogP) is 3.08. The molecule has 0 spiro atoms. The zero-order valence-corrected chi connectivity index (χ0v) is 23.2. The lowest BCUT2D eigenvalue weighted by atomic mass is 10.1. The first-order chi connectivity index (χ1) is 18.6. The van der Waals surface area contributed by atoms with E-state index in [1.807, 2.05) is 6.92 Å². The fourth-order valence-corrected chi connectivity index (χ4v) is 4.14. The Hall–Kier alpha value is -3.54. The van der Waals surface area contributed by atoms with Crippen LogP contribution in [0.2, 0.25) is 0 Å². The van der Waals surface area contributed by atoms with Gasteiger partial charge < -0.3 is 20.7 Å². The van der Waals surface area contributed by atoms with E-state index in [0.717, 1.165) is 30.7 Å². The van der Waals surface area contributed by atoms with E-state index in [-0.39, 0.29) is 35.2 Å². The number of carbonyl (C=O) groups is 5. The number of nitrogens with one attached hydrogen (secondary N) is 3. The first kappa shape index (κ1) is 31.7. The second-order valence-electron chi connectivity index (χ2n) is 8.82. The molecular formula is C27H35FN4O6S. The molecule has 1 aromatic heterocycles. The molecule has 2 atom stereocenters. The number of cyclic esters (lactones) is 1. The van der Waals surface area contributed by atoms with Gasteiger partial charge in [0.25, 0.3) is 11.8 Å². The molecule has 0 saturated heterocycles. The minimum absolute atomic E-state index is 0.0221. The first-order valence-corrected chi connectivity index (χ1v) is 13.8. The fourth-order valence-electron chi connectivity index (χ4n) is 3.60. The highest BCUT2D eigenvalue weighted by Crippen LogP contribution is 2.13. The monoisotopic (exact) mass is 562 g/mol. The zero-order valence-electron chi connectivity index (χ0n) is 22.4. The number of pyridine rings is 1. The van der Waals surface area contributed by atoms with Crippen molar-refractivity contribution in [3.8, 4) is 0 Å². The van der Waals surface area contributed by atoms with E-state index in [1.165, 1.54) is 19.1 Å². The van der Waals surface area contributed by atoms with Gasteiger partial charge in [-0.15, -0.1) is 0 Å². The van der Waals surface area contributed by atoms with Gasteiger partial charge >= 0.3 is 5.97 Å². The van der Waals surface area contributed by atoms with Crippen LogP contribution >= 0.6 is 11.8 Å². The number of nitrogens with zero attached hydrogens (tertiary/aromatic N) is 1. The molecule has 1 aliphatic rings. The van der Waals surface area contributed by atoms with Crippen molar-refractivity contribution in [3.05, 3.63) is 53.3 Å². The number of hydrogen-bond acceptors (Lipinski definition) is 8. The molecule has 2 heterocycles. The maximum Gasteiger partial charge on any atom is 0.329 e. The number of carbonyl (C=O) groups excluding carboxylic acids is 5. The van der Waals surface area contributed by atoms with E-state index in [4.69, 9.17) is 4.74 Å². The summed E-state index contributed by atoms with van der Waals surface area (Å²) in [5, 5.41) is 7.59. The number of esters is 1. The molecule has 10 nitrogen and oxygen atoms in total. The molecule has 12 heteroatoms. The molecule has 0 unspecified atom stereocenters. The van der Waals surface area contributed by atoms with Gasteiger partial charge in [-0.3, -0.25) is 19.2 Å². The normalized spacial score (nSPS) is 20.4. The third kappa shape index (κ3) is 11.0. The van der Waals surface area contributed by atoms with E-state index in [2.05, 4.69) is 20.9 Å². The molecule has 0 aliphatic carbocycles. The number of aromatic nitrogens is 1. The summed E-state index contributed by atoms with van der Waals surface area (Å²) in [5.74, 6) is -2.93. The summed E-state index contributed by atoms with van der Waals surface area (Å²) in [6.07, 6.45) is 6.56. The molecule has 0 fully saturated rings. The number of ether oxygens (including phenoxy) is 1. The molecule has 0 saturated carbocycles. The number of halogens is 1. The summed E-state index contributed by atoms with van der Waals surface area (Å²) in [5.41, 5.74) is -0.431. The van der Waals surface area contributed by atoms with Gasteiger partial charge in [0.2, 0.25) is 5.91 Å². The SMILES string of the molecule is C/C=C1\NC(=O)c2ccc(F)c(n2)CNC(=O)C[C@@H](/C=C/CCSC(C)=O)OC(=O)[C@H](CCCCC)NC1=O. The zero-order chi connectivity index (χ0) is 28.8. The Morgan fingerprint density at radius 2 is 1.97 bits per heavy atom. The van der Waals surface area contributed by atoms with Crippen LogP contribution in [0, 0.1) is 5.82 Å². The minimum atomic E-state index is -1.02. The number of fused-ring (bicyclic) bond motifs is 2. The lowest BCUT2D eigenvalue weighted by molar-refractivity contribution is -0.152. The maximum absolute atomic E-state index is 14.3. The third-order valence-electron chi connectivity index (χ3n) is 5.67. The Labute approximate surface area is 231 Å². The van der Waals surface area contributed by atoms with Crippen LogP contribution in [0.15, 0.2) is 36.1 Å². The number of unbranched alkanes of at least 4 members (excludes halogenated alkanes) is 2. The van der Waals surface area contributed by atoms with Crippen molar-refractivity contribution in [1.29, 1.82) is 0 Å². The Morgan fingerprint density at radius 3 is 2.67 bits per heavy atom. The molecule has 2 bridgehead atoms. The van der Waals surface area contributed by atoms with Crippen LogP contribution < -0.4 is 16.0 Å². The average molecular weight is 563 g/mol. The van der Waals surface area contributed by atoms with Gasteiger partial charge in [0.1, 0.15) is 29.4 Å². The predicted molar refractivity (Wildman–Crippen MR) is 145 cm³/mol. The molecule has 3 N–H and O–H groups in total. The largest absolute Gasteiger partial charge is 0.456 e. The van der Waals surface area contributed by atoms with Gasteiger partial charge in [0, 0.05) is 12.7 Å². The summed E-state index contributed by atoms with van der Waals surface area (Å²) in [6, 6.07) is 1.20. The van der Waals surface area contributed by atoms with Gasteiger partial charge in [-0.2, -0.15) is 0 Å². The van der Waals surface area contributed by atoms with Crippen LogP contribution in [0.5, 0.6) is 0 Å². The van der Waals surface area contributed by atoms with Crippen LogP contribution in [0.1, 0.15) is 75.5 Å². The lowest BCUT2D eigenvalue weighted by Crippen LogP contribution is -2.46. The summed E-state index contributed by atoms with van der Waals surface area (Å²) in [7, 11) is 0. The van der Waals surface area contributed by atoms with Gasteiger partial charge in [-0.1, -0.05) is 50.1 Å². The number of rotatable bonds is 8. The van der Waals surface area contributed by atoms with Crippen molar-refractivity contribution >= 4 is 40.6 Å². The van der Waals surface area contributed by atoms with E-state index in [9.17, 15) is 28.4 Å². The lowest BCUT2D eigenvalue weighted by Gasteiger charge is -2.22. The van der Waals surface area contributed by atoms with Crippen molar-refractivity contribution in [2.24, 2.45) is 0 Å². The Balaban J connectivity index is 2.37. The fraction of sp³-hybridized carbons (Fsp3) is 0.481. The first-order valence-electron chi connectivity index (χ1n) is 12.9. The van der Waals surface area contributed by atoms with Crippen LogP contribution in [-0.4, -0.2) is 51.7 Å². The van der Waals surface area contributed by atoms with Gasteiger partial charge in [0.05, 0.1) is 18.7 Å². The molecule has 212 valence electrons. The van der Waals surface area contributed by atoms with Crippen molar-refractivity contribution in [3.63, 3.8) is 0 Å². The van der Waals surface area contributed by atoms with Gasteiger partial charge in [-0.25, -0.2) is 14.2 Å². The van der Waals surface area contributed by atoms with E-state index >= 15 is 0 Å². The minimum Gasteiger partial charge on any atom is -0.456 e. The molecule has 1 aromatic rings. The molecule has 0 radical (unpaired) electrons. The summed E-state index contributed by atoms with van der Waals surface area (Å²) in [6.45, 7) is 4.71. The van der Waals surface area contributed by atoms with Crippen molar-refractivity contribution in [2.45, 2.75) is 78.0 Å². The molecule has 0 aromatic carbocycles. The highest BCUT2D eigenvalue weighted by molar-refractivity contribution is 8.13. The molecule has 1 aliphatic heterocycles. The number of thioether (sulfide) groups is 1. The van der Waals surface area contributed by atoms with Gasteiger partial charge in [-0.05, 0) is 38.0 Å². The second kappa shape index (κ2) is 16.4. The average Bonchev–Trinajstić information content (AvgIpc) is 2.89. The molecule has 3 amide bonds. The van der Waals surface area contributed by atoms with E-state index in [1.54, 1.807) is 19.1 Å².